The number of hydrogen-bond donors (Lipinski definition) is 8. The zero-order valence-electron chi connectivity index (χ0n) is 21.9. The van der Waals surface area contributed by atoms with Crippen molar-refractivity contribution in [3.8, 4) is 0 Å². The molecule has 210 valence electrons. The van der Waals surface area contributed by atoms with Gasteiger partial charge in [0.1, 0.15) is 18.1 Å². The lowest BCUT2D eigenvalue weighted by atomic mass is 9.96. The predicted molar refractivity (Wildman–Crippen MR) is 139 cm³/mol. The van der Waals surface area contributed by atoms with Crippen LogP contribution >= 0.6 is 0 Å². The third-order valence-corrected chi connectivity index (χ3v) is 6.27. The molecule has 0 spiro atoms. The maximum absolute atomic E-state index is 13.3. The maximum atomic E-state index is 13.3. The van der Waals surface area contributed by atoms with Crippen molar-refractivity contribution in [1.82, 2.24) is 25.9 Å². The summed E-state index contributed by atoms with van der Waals surface area (Å²) >= 11 is 0. The number of nitrogens with zero attached hydrogens (tertiary/aromatic N) is 1. The third kappa shape index (κ3) is 11.7. The number of carboxylic acid groups (broad SMARTS) is 1. The Balaban J connectivity index is 3.00. The highest BCUT2D eigenvalue weighted by Gasteiger charge is 2.33. The number of amides is 3. The van der Waals surface area contributed by atoms with Gasteiger partial charge in [-0.3, -0.25) is 14.4 Å². The number of unbranched alkanes of at least 4 members (excludes halogenated alkanes) is 2. The smallest absolute Gasteiger partial charge is 0.326 e. The van der Waals surface area contributed by atoms with E-state index in [1.165, 1.54) is 12.5 Å². The van der Waals surface area contributed by atoms with Crippen LogP contribution in [-0.2, 0) is 25.6 Å². The first-order valence-corrected chi connectivity index (χ1v) is 12.9. The van der Waals surface area contributed by atoms with Gasteiger partial charge in [-0.15, -0.1) is 0 Å². The third-order valence-electron chi connectivity index (χ3n) is 6.27. The molecule has 11 N–H and O–H groups in total. The highest BCUT2D eigenvalue weighted by molar-refractivity contribution is 5.94. The van der Waals surface area contributed by atoms with Gasteiger partial charge >= 0.3 is 5.97 Å². The molecule has 0 aliphatic heterocycles. The van der Waals surface area contributed by atoms with Gasteiger partial charge in [0.15, 0.2) is 0 Å². The van der Waals surface area contributed by atoms with Crippen molar-refractivity contribution >= 4 is 23.7 Å². The Kier molecular flexibility index (Phi) is 15.1. The first-order valence-electron chi connectivity index (χ1n) is 12.9. The molecule has 0 aliphatic carbocycles. The average Bonchev–Trinajstić information content (AvgIpc) is 3.38. The quantitative estimate of drug-likeness (QED) is 0.105. The molecule has 0 saturated heterocycles. The Bertz CT molecular complexity index is 835. The minimum Gasteiger partial charge on any atom is -0.480 e. The standard InChI is InChI=1S/C24H44N8O5/c1-3-15(2)20(23(35)30-18(24(36)37)9-5-7-11-26)32-22(34)19(12-16-13-28-14-29-16)31-21(33)17(27)8-4-6-10-25/h13-15,17-20H,3-12,25-27H2,1-2H3,(H,28,29)(H,30,35)(H,31,33)(H,32,34)(H,36,37). The first-order chi connectivity index (χ1) is 17.6. The Hall–Kier alpha value is -3.03. The van der Waals surface area contributed by atoms with E-state index < -0.39 is 47.9 Å². The Morgan fingerprint density at radius 1 is 0.946 bits per heavy atom. The van der Waals surface area contributed by atoms with Gasteiger partial charge in [-0.1, -0.05) is 26.7 Å². The van der Waals surface area contributed by atoms with Crippen LogP contribution in [0.4, 0.5) is 0 Å². The van der Waals surface area contributed by atoms with Crippen LogP contribution in [0.5, 0.6) is 0 Å². The number of hydrogen-bond acceptors (Lipinski definition) is 8. The second-order valence-electron chi connectivity index (χ2n) is 9.29. The van der Waals surface area contributed by atoms with Crippen LogP contribution in [0.15, 0.2) is 12.5 Å². The Morgan fingerprint density at radius 3 is 2.11 bits per heavy atom. The van der Waals surface area contributed by atoms with Gasteiger partial charge in [0.05, 0.1) is 12.4 Å². The van der Waals surface area contributed by atoms with Gasteiger partial charge in [0.2, 0.25) is 17.7 Å². The molecule has 0 aromatic carbocycles. The normalized spacial score (nSPS) is 15.2. The molecule has 1 heterocycles. The highest BCUT2D eigenvalue weighted by atomic mass is 16.4. The summed E-state index contributed by atoms with van der Waals surface area (Å²) in [4.78, 5) is 57.6. The van der Waals surface area contributed by atoms with E-state index in [2.05, 4.69) is 25.9 Å². The molecular formula is C24H44N8O5. The van der Waals surface area contributed by atoms with E-state index in [0.717, 1.165) is 6.42 Å². The van der Waals surface area contributed by atoms with Crippen LogP contribution in [0.1, 0.15) is 64.5 Å². The van der Waals surface area contributed by atoms with E-state index in [9.17, 15) is 24.3 Å². The van der Waals surface area contributed by atoms with Crippen LogP contribution in [0, 0.1) is 5.92 Å². The van der Waals surface area contributed by atoms with Gasteiger partial charge in [-0.05, 0) is 51.1 Å². The SMILES string of the molecule is CCC(C)C(NC(=O)C(Cc1cnc[nH]1)NC(=O)C(N)CCCCN)C(=O)NC(CCCCN)C(=O)O. The number of H-pyrrole nitrogens is 1. The fraction of sp³-hybridized carbons (Fsp3) is 0.708. The molecule has 1 aromatic rings. The summed E-state index contributed by atoms with van der Waals surface area (Å²) in [6, 6.07) is -3.96. The van der Waals surface area contributed by atoms with Crippen LogP contribution in [0.3, 0.4) is 0 Å². The van der Waals surface area contributed by atoms with Crippen molar-refractivity contribution in [3.63, 3.8) is 0 Å². The summed E-state index contributed by atoms with van der Waals surface area (Å²) < 4.78 is 0. The molecular weight excluding hydrogens is 480 g/mol. The average molecular weight is 525 g/mol. The van der Waals surface area contributed by atoms with Gasteiger partial charge in [0.25, 0.3) is 0 Å². The van der Waals surface area contributed by atoms with Gasteiger partial charge in [-0.25, -0.2) is 9.78 Å². The van der Waals surface area contributed by atoms with Gasteiger partial charge in [-0.2, -0.15) is 0 Å². The fourth-order valence-corrected chi connectivity index (χ4v) is 3.71. The van der Waals surface area contributed by atoms with Crippen molar-refractivity contribution in [2.75, 3.05) is 13.1 Å². The second-order valence-corrected chi connectivity index (χ2v) is 9.29. The molecule has 0 fully saturated rings. The minimum atomic E-state index is -1.16. The summed E-state index contributed by atoms with van der Waals surface area (Å²) in [6.45, 7) is 4.56. The summed E-state index contributed by atoms with van der Waals surface area (Å²) in [5.41, 5.74) is 17.6. The number of imidazole rings is 1. The van der Waals surface area contributed by atoms with E-state index in [4.69, 9.17) is 17.2 Å². The summed E-state index contributed by atoms with van der Waals surface area (Å²) in [7, 11) is 0. The largest absolute Gasteiger partial charge is 0.480 e. The molecule has 5 unspecified atom stereocenters. The topological polar surface area (TPSA) is 231 Å². The monoisotopic (exact) mass is 524 g/mol. The number of nitrogens with one attached hydrogen (secondary N) is 4. The predicted octanol–water partition coefficient (Wildman–Crippen LogP) is -0.877. The number of carboxylic acids is 1. The zero-order valence-corrected chi connectivity index (χ0v) is 21.9. The molecule has 1 rings (SSSR count). The Labute approximate surface area is 218 Å². The number of rotatable bonds is 19. The van der Waals surface area contributed by atoms with Crippen molar-refractivity contribution in [3.05, 3.63) is 18.2 Å². The number of aliphatic carboxylic acids is 1. The van der Waals surface area contributed by atoms with E-state index in [0.29, 0.717) is 50.9 Å². The van der Waals surface area contributed by atoms with Crippen LogP contribution in [-0.4, -0.2) is 76.0 Å². The molecule has 0 saturated carbocycles. The van der Waals surface area contributed by atoms with E-state index in [1.807, 2.05) is 6.92 Å². The van der Waals surface area contributed by atoms with Crippen molar-refractivity contribution in [2.24, 2.45) is 23.1 Å². The van der Waals surface area contributed by atoms with Gasteiger partial charge < -0.3 is 43.2 Å². The van der Waals surface area contributed by atoms with Crippen LogP contribution in [0.25, 0.3) is 0 Å². The number of nitrogens with two attached hydrogens (primary N) is 3. The molecule has 37 heavy (non-hydrogen) atoms. The lowest BCUT2D eigenvalue weighted by Crippen LogP contribution is -2.59. The number of aromatic amines is 1. The molecule has 0 aliphatic rings. The molecule has 3 amide bonds. The molecule has 5 atom stereocenters. The highest BCUT2D eigenvalue weighted by Crippen LogP contribution is 2.11. The first kappa shape index (κ1) is 32.0. The van der Waals surface area contributed by atoms with Crippen molar-refractivity contribution < 1.29 is 24.3 Å². The van der Waals surface area contributed by atoms with E-state index in [-0.39, 0.29) is 18.8 Å². The molecule has 1 aromatic heterocycles. The van der Waals surface area contributed by atoms with E-state index >= 15 is 0 Å². The van der Waals surface area contributed by atoms with Crippen molar-refractivity contribution in [1.29, 1.82) is 0 Å². The number of aromatic nitrogens is 2. The fourth-order valence-electron chi connectivity index (χ4n) is 3.71. The molecule has 13 nitrogen and oxygen atoms in total. The number of carbonyl (C=O) groups excluding carboxylic acids is 3. The summed E-state index contributed by atoms with van der Waals surface area (Å²) in [6.07, 6.45) is 6.85. The van der Waals surface area contributed by atoms with Crippen molar-refractivity contribution in [2.45, 2.75) is 89.4 Å². The minimum absolute atomic E-state index is 0.0960. The Morgan fingerprint density at radius 2 is 1.57 bits per heavy atom. The van der Waals surface area contributed by atoms with Crippen LogP contribution < -0.4 is 33.2 Å². The van der Waals surface area contributed by atoms with Crippen LogP contribution in [0.2, 0.25) is 0 Å². The molecule has 0 radical (unpaired) electrons. The number of carbonyl (C=O) groups is 4. The maximum Gasteiger partial charge on any atom is 0.326 e. The molecule has 0 bridgehead atoms. The lowest BCUT2D eigenvalue weighted by molar-refractivity contribution is -0.143. The van der Waals surface area contributed by atoms with Gasteiger partial charge in [0, 0.05) is 18.3 Å². The second kappa shape index (κ2) is 17.4. The zero-order chi connectivity index (χ0) is 27.8. The summed E-state index contributed by atoms with van der Waals surface area (Å²) in [5.74, 6) is -3.15. The molecule has 13 heteroatoms. The van der Waals surface area contributed by atoms with E-state index in [1.54, 1.807) is 6.92 Å². The summed E-state index contributed by atoms with van der Waals surface area (Å²) in [5, 5.41) is 17.5. The lowest BCUT2D eigenvalue weighted by Gasteiger charge is -2.28.